The molecule has 0 unspecified atom stereocenters. The normalized spacial score (nSPS) is 14.1. The number of hydrogen-bond donors (Lipinski definition) is 1. The topological polar surface area (TPSA) is 100 Å². The second kappa shape index (κ2) is 10.5. The van der Waals surface area contributed by atoms with E-state index in [1.165, 1.54) is 17.5 Å². The average Bonchev–Trinajstić information content (AvgIpc) is 2.91. The van der Waals surface area contributed by atoms with E-state index in [-0.39, 0.29) is 17.5 Å². The molecule has 1 N–H and O–H groups in total. The number of anilines is 3. The second-order valence-electron chi connectivity index (χ2n) is 8.69. The zero-order valence-corrected chi connectivity index (χ0v) is 20.0. The summed E-state index contributed by atoms with van der Waals surface area (Å²) in [6, 6.07) is 24.7. The molecule has 1 aliphatic heterocycles. The first-order valence-corrected chi connectivity index (χ1v) is 11.9. The first-order chi connectivity index (χ1) is 17.6. The number of benzene rings is 2. The van der Waals surface area contributed by atoms with Crippen LogP contribution in [0.25, 0.3) is 0 Å². The highest BCUT2D eigenvalue weighted by Gasteiger charge is 2.32. The van der Waals surface area contributed by atoms with E-state index >= 15 is 0 Å². The Labute approximate surface area is 209 Å². The average molecular weight is 482 g/mol. The monoisotopic (exact) mass is 481 g/mol. The van der Waals surface area contributed by atoms with Crippen LogP contribution in [-0.4, -0.2) is 51.0 Å². The summed E-state index contributed by atoms with van der Waals surface area (Å²) in [5, 5.41) is 15.2. The summed E-state index contributed by atoms with van der Waals surface area (Å²) >= 11 is 0. The molecule has 0 atom stereocenters. The summed E-state index contributed by atoms with van der Waals surface area (Å²) in [6.45, 7) is 4.57. The van der Waals surface area contributed by atoms with Crippen molar-refractivity contribution < 1.29 is 4.92 Å². The SMILES string of the molecule is Cc1cccnc1Nc1ncnc(N2CCN(C(c3ccccc3)c3ccccc3)CC2)c1[N+](=O)[O-]. The van der Waals surface area contributed by atoms with Crippen molar-refractivity contribution >= 4 is 23.1 Å². The second-order valence-corrected chi connectivity index (χ2v) is 8.69. The molecule has 1 saturated heterocycles. The molecule has 2 aromatic heterocycles. The number of piperazine rings is 1. The van der Waals surface area contributed by atoms with Crippen molar-refractivity contribution in [2.45, 2.75) is 13.0 Å². The minimum Gasteiger partial charge on any atom is -0.348 e. The number of aromatic nitrogens is 3. The minimum absolute atomic E-state index is 0.110. The van der Waals surface area contributed by atoms with Gasteiger partial charge < -0.3 is 10.2 Å². The summed E-state index contributed by atoms with van der Waals surface area (Å²) in [5.74, 6) is 0.992. The molecular weight excluding hydrogens is 454 g/mol. The summed E-state index contributed by atoms with van der Waals surface area (Å²) in [4.78, 5) is 28.9. The smallest absolute Gasteiger partial charge is 0.348 e. The van der Waals surface area contributed by atoms with E-state index in [4.69, 9.17) is 0 Å². The lowest BCUT2D eigenvalue weighted by molar-refractivity contribution is -0.383. The van der Waals surface area contributed by atoms with Gasteiger partial charge in [-0.2, -0.15) is 0 Å². The number of nitrogens with one attached hydrogen (secondary N) is 1. The van der Waals surface area contributed by atoms with Gasteiger partial charge in [0.25, 0.3) is 0 Å². The van der Waals surface area contributed by atoms with E-state index in [1.807, 2.05) is 36.1 Å². The zero-order chi connectivity index (χ0) is 24.9. The van der Waals surface area contributed by atoms with E-state index in [1.54, 1.807) is 6.20 Å². The molecule has 3 heterocycles. The fourth-order valence-corrected chi connectivity index (χ4v) is 4.67. The Morgan fingerprint density at radius 3 is 2.06 bits per heavy atom. The van der Waals surface area contributed by atoms with Crippen LogP contribution in [0.15, 0.2) is 85.3 Å². The lowest BCUT2D eigenvalue weighted by Gasteiger charge is -2.40. The van der Waals surface area contributed by atoms with Crippen molar-refractivity contribution in [1.29, 1.82) is 0 Å². The van der Waals surface area contributed by atoms with Gasteiger partial charge in [-0.1, -0.05) is 66.7 Å². The summed E-state index contributed by atoms with van der Waals surface area (Å²) in [6.07, 6.45) is 3.00. The predicted octanol–water partition coefficient (Wildman–Crippen LogP) is 4.74. The van der Waals surface area contributed by atoms with Crippen LogP contribution >= 0.6 is 0 Å². The Kier molecular flexibility index (Phi) is 6.81. The standard InChI is InChI=1S/C27H27N7O2/c1-20-9-8-14-28-25(20)31-26-24(34(35)36)27(30-19-29-26)33-17-15-32(16-18-33)23(21-10-4-2-5-11-21)22-12-6-3-7-13-22/h2-14,19,23H,15-18H2,1H3,(H,28,29,30,31). The van der Waals surface area contributed by atoms with Crippen LogP contribution in [0.5, 0.6) is 0 Å². The van der Waals surface area contributed by atoms with Crippen LogP contribution in [-0.2, 0) is 0 Å². The summed E-state index contributed by atoms with van der Waals surface area (Å²) in [5.41, 5.74) is 3.18. The van der Waals surface area contributed by atoms with Gasteiger partial charge in [-0.05, 0) is 29.7 Å². The van der Waals surface area contributed by atoms with Crippen LogP contribution in [0.2, 0.25) is 0 Å². The molecule has 36 heavy (non-hydrogen) atoms. The highest BCUT2D eigenvalue weighted by molar-refractivity contribution is 5.74. The van der Waals surface area contributed by atoms with Crippen LogP contribution < -0.4 is 10.2 Å². The summed E-state index contributed by atoms with van der Waals surface area (Å²) < 4.78 is 0. The number of hydrogen-bond acceptors (Lipinski definition) is 8. The van der Waals surface area contributed by atoms with Crippen molar-refractivity contribution in [3.05, 3.63) is 112 Å². The first kappa shape index (κ1) is 23.4. The molecular formula is C27H27N7O2. The van der Waals surface area contributed by atoms with Gasteiger partial charge >= 0.3 is 5.69 Å². The quantitative estimate of drug-likeness (QED) is 0.298. The fourth-order valence-electron chi connectivity index (χ4n) is 4.67. The molecule has 4 aromatic rings. The van der Waals surface area contributed by atoms with Gasteiger partial charge in [0.1, 0.15) is 12.1 Å². The van der Waals surface area contributed by atoms with Crippen LogP contribution in [0.1, 0.15) is 22.7 Å². The third kappa shape index (κ3) is 4.87. The van der Waals surface area contributed by atoms with Gasteiger partial charge in [-0.25, -0.2) is 15.0 Å². The van der Waals surface area contributed by atoms with Gasteiger partial charge in [-0.15, -0.1) is 0 Å². The fraction of sp³-hybridized carbons (Fsp3) is 0.222. The maximum absolute atomic E-state index is 12.1. The van der Waals surface area contributed by atoms with E-state index in [0.717, 1.165) is 18.7 Å². The number of rotatable bonds is 7. The third-order valence-electron chi connectivity index (χ3n) is 6.44. The Hall–Kier alpha value is -4.37. The Balaban J connectivity index is 1.40. The van der Waals surface area contributed by atoms with Crippen molar-refractivity contribution in [2.24, 2.45) is 0 Å². The summed E-state index contributed by atoms with van der Waals surface area (Å²) in [7, 11) is 0. The molecule has 0 bridgehead atoms. The van der Waals surface area contributed by atoms with E-state index in [2.05, 4.69) is 73.7 Å². The van der Waals surface area contributed by atoms with Gasteiger partial charge in [0, 0.05) is 32.4 Å². The van der Waals surface area contributed by atoms with Gasteiger partial charge in [0.2, 0.25) is 11.6 Å². The Morgan fingerprint density at radius 1 is 0.833 bits per heavy atom. The number of pyridine rings is 1. The molecule has 1 fully saturated rings. The molecule has 1 aliphatic rings. The third-order valence-corrected chi connectivity index (χ3v) is 6.44. The van der Waals surface area contributed by atoms with E-state index in [9.17, 15) is 10.1 Å². The highest BCUT2D eigenvalue weighted by Crippen LogP contribution is 2.35. The van der Waals surface area contributed by atoms with Crippen LogP contribution in [0.3, 0.4) is 0 Å². The van der Waals surface area contributed by atoms with E-state index in [0.29, 0.717) is 24.7 Å². The molecule has 9 nitrogen and oxygen atoms in total. The molecule has 0 spiro atoms. The minimum atomic E-state index is -0.418. The van der Waals surface area contributed by atoms with Gasteiger partial charge in [-0.3, -0.25) is 15.0 Å². The van der Waals surface area contributed by atoms with Crippen molar-refractivity contribution in [3.63, 3.8) is 0 Å². The van der Waals surface area contributed by atoms with Crippen molar-refractivity contribution in [1.82, 2.24) is 19.9 Å². The molecule has 0 radical (unpaired) electrons. The molecule has 0 aliphatic carbocycles. The molecule has 5 rings (SSSR count). The molecule has 0 saturated carbocycles. The van der Waals surface area contributed by atoms with Crippen LogP contribution in [0.4, 0.5) is 23.1 Å². The highest BCUT2D eigenvalue weighted by atomic mass is 16.6. The Bertz CT molecular complexity index is 1290. The molecule has 9 heteroatoms. The van der Waals surface area contributed by atoms with Crippen molar-refractivity contribution in [3.8, 4) is 0 Å². The lowest BCUT2D eigenvalue weighted by Crippen LogP contribution is -2.48. The first-order valence-electron chi connectivity index (χ1n) is 11.9. The predicted molar refractivity (Wildman–Crippen MR) is 139 cm³/mol. The molecule has 0 amide bonds. The van der Waals surface area contributed by atoms with E-state index < -0.39 is 4.92 Å². The largest absolute Gasteiger partial charge is 0.353 e. The van der Waals surface area contributed by atoms with Crippen LogP contribution in [0, 0.1) is 17.0 Å². The molecule has 182 valence electrons. The van der Waals surface area contributed by atoms with Gasteiger partial charge in [0.15, 0.2) is 0 Å². The lowest BCUT2D eigenvalue weighted by atomic mass is 9.96. The maximum atomic E-state index is 12.1. The Morgan fingerprint density at radius 2 is 1.47 bits per heavy atom. The zero-order valence-electron chi connectivity index (χ0n) is 20.0. The van der Waals surface area contributed by atoms with Crippen molar-refractivity contribution in [2.75, 3.05) is 36.4 Å². The number of nitrogens with zero attached hydrogens (tertiary/aromatic N) is 6. The number of nitro groups is 1. The molecule has 2 aromatic carbocycles. The number of aryl methyl sites for hydroxylation is 1. The van der Waals surface area contributed by atoms with Gasteiger partial charge in [0.05, 0.1) is 11.0 Å². The maximum Gasteiger partial charge on any atom is 0.353 e.